The fraction of sp³-hybridized carbons (Fsp3) is 0. The van der Waals surface area contributed by atoms with Gasteiger partial charge in [-0.3, -0.25) is 0 Å². The van der Waals surface area contributed by atoms with Crippen LogP contribution in [0.15, 0.2) is 267 Å². The zero-order chi connectivity index (χ0) is 45.0. The van der Waals surface area contributed by atoms with Crippen LogP contribution in [0.25, 0.3) is 104 Å². The van der Waals surface area contributed by atoms with Crippen LogP contribution in [0.3, 0.4) is 0 Å². The van der Waals surface area contributed by atoms with Gasteiger partial charge in [0.15, 0.2) is 0 Å². The van der Waals surface area contributed by atoms with E-state index < -0.39 is 0 Å². The highest BCUT2D eigenvalue weighted by molar-refractivity contribution is 6.10. The predicted molar refractivity (Wildman–Crippen MR) is 290 cm³/mol. The number of aromatic nitrogens is 1. The van der Waals surface area contributed by atoms with Crippen molar-refractivity contribution in [1.29, 1.82) is 0 Å². The highest BCUT2D eigenvalue weighted by Crippen LogP contribution is 2.45. The Labute approximate surface area is 395 Å². The second kappa shape index (κ2) is 16.5. The van der Waals surface area contributed by atoms with Crippen molar-refractivity contribution in [3.05, 3.63) is 267 Å². The maximum absolute atomic E-state index is 2.44. The largest absolute Gasteiger partial charge is 0.310 e. The number of fused-ring (bicyclic) bond motifs is 7. The van der Waals surface area contributed by atoms with Gasteiger partial charge in [-0.15, -0.1) is 0 Å². The lowest BCUT2D eigenvalue weighted by molar-refractivity contribution is 1.18. The van der Waals surface area contributed by atoms with E-state index in [1.165, 1.54) is 76.4 Å². The summed E-state index contributed by atoms with van der Waals surface area (Å²) in [6, 6.07) is 97.6. The predicted octanol–water partition coefficient (Wildman–Crippen LogP) is 18.4. The van der Waals surface area contributed by atoms with E-state index in [0.717, 1.165) is 45.0 Å². The van der Waals surface area contributed by atoms with Gasteiger partial charge in [-0.1, -0.05) is 206 Å². The Morgan fingerprint density at radius 3 is 1.46 bits per heavy atom. The van der Waals surface area contributed by atoms with Gasteiger partial charge < -0.3 is 9.47 Å². The van der Waals surface area contributed by atoms with Crippen LogP contribution >= 0.6 is 0 Å². The van der Waals surface area contributed by atoms with Crippen molar-refractivity contribution in [2.75, 3.05) is 4.90 Å². The summed E-state index contributed by atoms with van der Waals surface area (Å²) in [7, 11) is 0. The lowest BCUT2D eigenvalue weighted by atomic mass is 9.94. The molecule has 68 heavy (non-hydrogen) atoms. The van der Waals surface area contributed by atoms with Gasteiger partial charge in [-0.05, 0) is 132 Å². The summed E-state index contributed by atoms with van der Waals surface area (Å²) < 4.78 is 2.39. The Hall–Kier alpha value is -8.98. The molecule has 1 aromatic heterocycles. The number of anilines is 3. The van der Waals surface area contributed by atoms with Crippen LogP contribution in [0.4, 0.5) is 17.1 Å². The quantitative estimate of drug-likeness (QED) is 0.138. The number of rotatable bonds is 8. The van der Waals surface area contributed by atoms with Gasteiger partial charge in [0.2, 0.25) is 0 Å². The Morgan fingerprint density at radius 2 is 0.750 bits per heavy atom. The second-order valence-electron chi connectivity index (χ2n) is 17.7. The first-order chi connectivity index (χ1) is 33.7. The van der Waals surface area contributed by atoms with Crippen LogP contribution in [0.2, 0.25) is 0 Å². The minimum atomic E-state index is 1.07. The van der Waals surface area contributed by atoms with Crippen LogP contribution in [0, 0.1) is 0 Å². The fourth-order valence-corrected chi connectivity index (χ4v) is 10.5. The van der Waals surface area contributed by atoms with Crippen LogP contribution in [-0.4, -0.2) is 4.57 Å². The van der Waals surface area contributed by atoms with Gasteiger partial charge in [0.05, 0.1) is 16.7 Å². The van der Waals surface area contributed by atoms with Gasteiger partial charge >= 0.3 is 0 Å². The minimum absolute atomic E-state index is 1.07. The molecule has 0 amide bonds. The summed E-state index contributed by atoms with van der Waals surface area (Å²) in [6.07, 6.45) is 0. The molecule has 0 bridgehead atoms. The summed E-state index contributed by atoms with van der Waals surface area (Å²) in [6.45, 7) is 0. The Bertz CT molecular complexity index is 3950. The maximum atomic E-state index is 2.44. The molecule has 0 spiro atoms. The van der Waals surface area contributed by atoms with Crippen molar-refractivity contribution in [2.45, 2.75) is 0 Å². The Kier molecular flexibility index (Phi) is 9.54. The molecule has 0 aliphatic carbocycles. The van der Waals surface area contributed by atoms with E-state index in [9.17, 15) is 0 Å². The molecule has 0 saturated heterocycles. The van der Waals surface area contributed by atoms with E-state index in [0.29, 0.717) is 0 Å². The molecule has 0 N–H and O–H groups in total. The average molecular weight is 865 g/mol. The fourth-order valence-electron chi connectivity index (χ4n) is 10.5. The number of hydrogen-bond acceptors (Lipinski definition) is 1. The molecule has 0 atom stereocenters. The SMILES string of the molecule is c1ccc(-c2ccc(-c3cccc4ccccc34)cc2N(c2ccc(-c3cccc(-n4c5ccccc5c5ccccc54)c3)cc2)c2ccc(-c3ccc4c(ccc5ccccc54)c3)cc2)cc1. The van der Waals surface area contributed by atoms with Gasteiger partial charge in [-0.25, -0.2) is 0 Å². The normalized spacial score (nSPS) is 11.5. The van der Waals surface area contributed by atoms with Crippen molar-refractivity contribution in [3.8, 4) is 50.2 Å². The summed E-state index contributed by atoms with van der Waals surface area (Å²) in [5, 5.41) is 10.0. The molecule has 0 radical (unpaired) electrons. The van der Waals surface area contributed by atoms with Gasteiger partial charge in [0.25, 0.3) is 0 Å². The van der Waals surface area contributed by atoms with Crippen LogP contribution in [-0.2, 0) is 0 Å². The number of benzene rings is 12. The monoisotopic (exact) mass is 864 g/mol. The third-order valence-corrected chi connectivity index (χ3v) is 13.8. The average Bonchev–Trinajstić information content (AvgIpc) is 3.76. The van der Waals surface area contributed by atoms with E-state index in [1.54, 1.807) is 0 Å². The maximum Gasteiger partial charge on any atom is 0.0546 e. The first kappa shape index (κ1) is 39.4. The van der Waals surface area contributed by atoms with Crippen LogP contribution in [0.1, 0.15) is 0 Å². The third-order valence-electron chi connectivity index (χ3n) is 13.8. The van der Waals surface area contributed by atoms with E-state index in [4.69, 9.17) is 0 Å². The van der Waals surface area contributed by atoms with Crippen molar-refractivity contribution in [2.24, 2.45) is 0 Å². The van der Waals surface area contributed by atoms with E-state index >= 15 is 0 Å². The molecule has 0 unspecified atom stereocenters. The molecular formula is C66H44N2. The topological polar surface area (TPSA) is 8.17 Å². The lowest BCUT2D eigenvalue weighted by Crippen LogP contribution is -2.11. The summed E-state index contributed by atoms with van der Waals surface area (Å²) >= 11 is 0. The second-order valence-corrected chi connectivity index (χ2v) is 17.7. The Balaban J connectivity index is 0.951. The zero-order valence-corrected chi connectivity index (χ0v) is 37.3. The summed E-state index contributed by atoms with van der Waals surface area (Å²) in [5.74, 6) is 0. The van der Waals surface area contributed by atoms with Crippen molar-refractivity contribution < 1.29 is 0 Å². The number of hydrogen-bond donors (Lipinski definition) is 0. The highest BCUT2D eigenvalue weighted by atomic mass is 15.1. The molecule has 2 nitrogen and oxygen atoms in total. The lowest BCUT2D eigenvalue weighted by Gasteiger charge is -2.29. The molecule has 1 heterocycles. The van der Waals surface area contributed by atoms with E-state index in [-0.39, 0.29) is 0 Å². The first-order valence-corrected chi connectivity index (χ1v) is 23.4. The minimum Gasteiger partial charge on any atom is -0.310 e. The molecule has 0 aliphatic heterocycles. The molecule has 2 heteroatoms. The Morgan fingerprint density at radius 1 is 0.250 bits per heavy atom. The summed E-state index contributed by atoms with van der Waals surface area (Å²) in [5.41, 5.74) is 16.2. The molecule has 13 rings (SSSR count). The molecule has 0 saturated carbocycles. The first-order valence-electron chi connectivity index (χ1n) is 23.4. The van der Waals surface area contributed by atoms with Gasteiger partial charge in [0.1, 0.15) is 0 Å². The number of nitrogens with zero attached hydrogens (tertiary/aromatic N) is 2. The van der Waals surface area contributed by atoms with E-state index in [2.05, 4.69) is 276 Å². The van der Waals surface area contributed by atoms with Crippen LogP contribution in [0.5, 0.6) is 0 Å². The van der Waals surface area contributed by atoms with Crippen molar-refractivity contribution in [3.63, 3.8) is 0 Å². The zero-order valence-electron chi connectivity index (χ0n) is 37.3. The van der Waals surface area contributed by atoms with E-state index in [1.807, 2.05) is 0 Å². The van der Waals surface area contributed by atoms with Gasteiger partial charge in [-0.2, -0.15) is 0 Å². The number of para-hydroxylation sites is 2. The molecule has 12 aromatic carbocycles. The smallest absolute Gasteiger partial charge is 0.0546 e. The molecule has 0 fully saturated rings. The molecule has 0 aliphatic rings. The summed E-state index contributed by atoms with van der Waals surface area (Å²) in [4.78, 5) is 2.44. The highest BCUT2D eigenvalue weighted by Gasteiger charge is 2.20. The third kappa shape index (κ3) is 6.82. The molecule has 318 valence electrons. The van der Waals surface area contributed by atoms with Crippen LogP contribution < -0.4 is 4.90 Å². The molecular weight excluding hydrogens is 821 g/mol. The van der Waals surface area contributed by atoms with Crippen molar-refractivity contribution >= 4 is 71.2 Å². The van der Waals surface area contributed by atoms with Gasteiger partial charge in [0, 0.05) is 33.4 Å². The standard InChI is InChI=1S/C66H44N2/c1-2-14-48(15-3-1)61-41-35-53(59-25-13-18-47-16-4-6-21-57(47)59)44-66(61)67(55-38-32-46(33-39-55)51-34-40-60-52(42-51)29-28-49-17-5-7-22-58(49)60)54-36-30-45(31-37-54)50-19-12-20-56(43-50)68-64-26-10-8-23-62(64)63-24-9-11-27-65(63)68/h1-44H. The van der Waals surface area contributed by atoms with Crippen molar-refractivity contribution in [1.82, 2.24) is 4.57 Å². The molecule has 13 aromatic rings.